The van der Waals surface area contributed by atoms with Crippen molar-refractivity contribution in [1.29, 1.82) is 5.26 Å². The first-order valence-electron chi connectivity index (χ1n) is 18.3. The lowest BCUT2D eigenvalue weighted by atomic mass is 9.90. The molecule has 1 fully saturated rings. The summed E-state index contributed by atoms with van der Waals surface area (Å²) in [5.41, 5.74) is 1.94. The number of esters is 3. The van der Waals surface area contributed by atoms with Gasteiger partial charge in [-0.25, -0.2) is 23.9 Å². The van der Waals surface area contributed by atoms with E-state index in [4.69, 9.17) is 43.2 Å². The molecule has 0 aliphatic carbocycles. The summed E-state index contributed by atoms with van der Waals surface area (Å²) in [4.78, 5) is 56.1. The lowest BCUT2D eigenvalue weighted by molar-refractivity contribution is -0.179. The number of anilines is 1. The molecule has 1 aliphatic rings. The van der Waals surface area contributed by atoms with Gasteiger partial charge in [-0.2, -0.15) is 10.4 Å². The van der Waals surface area contributed by atoms with Crippen LogP contribution in [0.2, 0.25) is 0 Å². The first-order valence-corrected chi connectivity index (χ1v) is 19.8. The minimum atomic E-state index is -4.69. The van der Waals surface area contributed by atoms with E-state index >= 15 is 0 Å². The molecule has 0 bridgehead atoms. The number of nitrogens with one attached hydrogen (secondary N) is 1. The zero-order valence-electron chi connectivity index (χ0n) is 33.9. The van der Waals surface area contributed by atoms with Crippen LogP contribution in [0.5, 0.6) is 0 Å². The SMILES string of the molecule is CCC(CC)COC(=O)[C@H](C)N[P@@](=O)(OCOC(=O)OC(C)C)OC[C@H]1O[C@@](C#N)(c2ccc3c(N)ncnn23)[C@H](OC(=O)C(C)(C)C)[C@@H]1OC(=O)C(C)(C)C. The van der Waals surface area contributed by atoms with Gasteiger partial charge in [0, 0.05) is 0 Å². The molecule has 0 amide bonds. The molecule has 3 N–H and O–H groups in total. The van der Waals surface area contributed by atoms with Crippen molar-refractivity contribution < 1.29 is 61.2 Å². The third-order valence-electron chi connectivity index (χ3n) is 8.59. The van der Waals surface area contributed by atoms with E-state index < -0.39 is 92.1 Å². The van der Waals surface area contributed by atoms with Gasteiger partial charge in [0.2, 0.25) is 12.4 Å². The number of nitrogens with zero attached hydrogens (tertiary/aromatic N) is 4. The van der Waals surface area contributed by atoms with Crippen LogP contribution in [0.25, 0.3) is 5.52 Å². The molecule has 3 rings (SSSR count). The molecule has 0 radical (unpaired) electrons. The standard InChI is InChI=1S/C36H55N6O13P/c1-12-23(13-2)16-48-30(43)22(5)41-56(47,51-20-49-33(46)52-21(3)4)50-17-25-27(53-31(44)34(6,7)8)28(54-32(45)35(9,10)11)36(18-37,55-25)26-15-14-24-29(38)39-19-40-42(24)26/h14-15,19,21-23,25,27-28H,12-13,16-17,20H2,1-11H3,(H,41,47)(H2,38,39,40)/t22-,25+,27+,28+,36-,56-/m0/s1. The largest absolute Gasteiger partial charge is 0.510 e. The van der Waals surface area contributed by atoms with Crippen LogP contribution >= 0.6 is 7.75 Å². The molecule has 19 nitrogen and oxygen atoms in total. The minimum absolute atomic E-state index is 0.0265. The Kier molecular flexibility index (Phi) is 15.4. The van der Waals surface area contributed by atoms with Crippen LogP contribution in [0, 0.1) is 28.1 Å². The summed E-state index contributed by atoms with van der Waals surface area (Å²) in [5, 5.41) is 17.7. The smallest absolute Gasteiger partial charge is 0.464 e. The lowest BCUT2D eigenvalue weighted by Gasteiger charge is -2.32. The molecule has 2 aromatic heterocycles. The highest BCUT2D eigenvalue weighted by molar-refractivity contribution is 7.51. The summed E-state index contributed by atoms with van der Waals surface area (Å²) in [5.74, 6) is -2.16. The monoisotopic (exact) mass is 810 g/mol. The minimum Gasteiger partial charge on any atom is -0.464 e. The molecular weight excluding hydrogens is 755 g/mol. The number of nitrogens with two attached hydrogens (primary N) is 1. The van der Waals surface area contributed by atoms with E-state index in [1.807, 2.05) is 13.8 Å². The molecule has 2 aromatic rings. The Hall–Kier alpha value is -4.34. The molecular formula is C36H55N6O13P. The van der Waals surface area contributed by atoms with E-state index in [1.54, 1.807) is 55.4 Å². The highest BCUT2D eigenvalue weighted by Crippen LogP contribution is 2.49. The van der Waals surface area contributed by atoms with Crippen molar-refractivity contribution in [2.75, 3.05) is 25.7 Å². The molecule has 0 saturated carbocycles. The Balaban J connectivity index is 2.10. The molecule has 1 saturated heterocycles. The van der Waals surface area contributed by atoms with E-state index in [-0.39, 0.29) is 29.6 Å². The van der Waals surface area contributed by atoms with E-state index in [1.165, 1.54) is 23.6 Å². The molecule has 6 atom stereocenters. The van der Waals surface area contributed by atoms with Gasteiger partial charge in [-0.15, -0.1) is 0 Å². The normalized spacial score (nSPS) is 21.6. The van der Waals surface area contributed by atoms with Crippen LogP contribution in [-0.2, 0) is 62.0 Å². The van der Waals surface area contributed by atoms with Crippen LogP contribution in [0.3, 0.4) is 0 Å². The second-order valence-corrected chi connectivity index (χ2v) is 17.4. The summed E-state index contributed by atoms with van der Waals surface area (Å²) in [6.45, 7) is 16.4. The number of hydrogen-bond donors (Lipinski definition) is 2. The Morgan fingerprint density at radius 2 is 1.64 bits per heavy atom. The molecule has 3 heterocycles. The van der Waals surface area contributed by atoms with Crippen molar-refractivity contribution in [3.05, 3.63) is 24.2 Å². The van der Waals surface area contributed by atoms with Gasteiger partial charge in [0.15, 0.2) is 18.0 Å². The average Bonchev–Trinajstić information content (AvgIpc) is 3.67. The van der Waals surface area contributed by atoms with Gasteiger partial charge in [-0.05, 0) is 80.4 Å². The number of carbonyl (C=O) groups is 4. The van der Waals surface area contributed by atoms with Crippen molar-refractivity contribution in [2.45, 2.75) is 125 Å². The molecule has 1 aliphatic heterocycles. The number of ether oxygens (including phenoxy) is 6. The van der Waals surface area contributed by atoms with Gasteiger partial charge < -0.3 is 34.2 Å². The first kappa shape index (κ1) is 46.0. The van der Waals surface area contributed by atoms with Crippen molar-refractivity contribution in [2.24, 2.45) is 16.7 Å². The molecule has 20 heteroatoms. The van der Waals surface area contributed by atoms with Gasteiger partial charge in [0.05, 0.1) is 35.8 Å². The third kappa shape index (κ3) is 11.4. The number of nitrogen functional groups attached to an aromatic ring is 1. The highest BCUT2D eigenvalue weighted by Gasteiger charge is 2.63. The number of hydrogen-bond acceptors (Lipinski definition) is 17. The number of carbonyl (C=O) groups excluding carboxylic acids is 4. The van der Waals surface area contributed by atoms with Gasteiger partial charge >= 0.3 is 31.8 Å². The molecule has 56 heavy (non-hydrogen) atoms. The van der Waals surface area contributed by atoms with Gasteiger partial charge in [0.25, 0.3) is 0 Å². The maximum atomic E-state index is 14.3. The van der Waals surface area contributed by atoms with Crippen molar-refractivity contribution >= 4 is 43.1 Å². The number of nitriles is 1. The zero-order valence-corrected chi connectivity index (χ0v) is 34.7. The summed E-state index contributed by atoms with van der Waals surface area (Å²) in [6, 6.07) is 3.80. The molecule has 312 valence electrons. The summed E-state index contributed by atoms with van der Waals surface area (Å²) >= 11 is 0. The van der Waals surface area contributed by atoms with Crippen LogP contribution < -0.4 is 10.8 Å². The quantitative estimate of drug-likeness (QED) is 0.0926. The number of aromatic nitrogens is 3. The van der Waals surface area contributed by atoms with Gasteiger partial charge in [0.1, 0.15) is 30.1 Å². The second-order valence-electron chi connectivity index (χ2n) is 15.6. The fraction of sp³-hybridized carbons (Fsp3) is 0.694. The Morgan fingerprint density at radius 3 is 2.21 bits per heavy atom. The van der Waals surface area contributed by atoms with Gasteiger partial charge in [-0.3, -0.25) is 23.4 Å². The van der Waals surface area contributed by atoms with Crippen LogP contribution in [0.4, 0.5) is 10.6 Å². The van der Waals surface area contributed by atoms with Crippen LogP contribution in [0.15, 0.2) is 18.5 Å². The van der Waals surface area contributed by atoms with Crippen molar-refractivity contribution in [1.82, 2.24) is 19.7 Å². The summed E-state index contributed by atoms with van der Waals surface area (Å²) in [7, 11) is -4.69. The Morgan fingerprint density at radius 1 is 1.02 bits per heavy atom. The number of fused-ring (bicyclic) bond motifs is 1. The van der Waals surface area contributed by atoms with Crippen molar-refractivity contribution in [3.63, 3.8) is 0 Å². The zero-order chi connectivity index (χ0) is 42.2. The third-order valence-corrected chi connectivity index (χ3v) is 10.2. The van der Waals surface area contributed by atoms with Crippen molar-refractivity contribution in [3.8, 4) is 6.07 Å². The van der Waals surface area contributed by atoms with E-state index in [9.17, 15) is 29.0 Å². The maximum Gasteiger partial charge on any atom is 0.510 e. The van der Waals surface area contributed by atoms with Crippen LogP contribution in [0.1, 0.15) is 94.7 Å². The number of rotatable bonds is 17. The molecule has 0 spiro atoms. The highest BCUT2D eigenvalue weighted by atomic mass is 31.2. The first-order chi connectivity index (χ1) is 26.0. The van der Waals surface area contributed by atoms with E-state index in [0.29, 0.717) is 0 Å². The predicted octanol–water partition coefficient (Wildman–Crippen LogP) is 4.96. The molecule has 0 unspecified atom stereocenters. The topological polar surface area (TPSA) is 251 Å². The maximum absolute atomic E-state index is 14.3. The Labute approximate surface area is 326 Å². The molecule has 0 aromatic carbocycles. The van der Waals surface area contributed by atoms with E-state index in [0.717, 1.165) is 19.2 Å². The Bertz CT molecular complexity index is 1800. The summed E-state index contributed by atoms with van der Waals surface area (Å²) in [6.07, 6.45) is -3.76. The predicted molar refractivity (Wildman–Crippen MR) is 198 cm³/mol. The lowest BCUT2D eigenvalue weighted by Crippen LogP contribution is -2.48. The van der Waals surface area contributed by atoms with Crippen LogP contribution in [-0.4, -0.2) is 89.1 Å². The average molecular weight is 811 g/mol. The second kappa shape index (κ2) is 18.7. The van der Waals surface area contributed by atoms with Gasteiger partial charge in [-0.1, -0.05) is 26.7 Å². The van der Waals surface area contributed by atoms with E-state index in [2.05, 4.69) is 21.2 Å². The summed E-state index contributed by atoms with van der Waals surface area (Å²) < 4.78 is 60.5. The fourth-order valence-corrected chi connectivity index (χ4v) is 6.53. The fourth-order valence-electron chi connectivity index (χ4n) is 5.19.